The fraction of sp³-hybridized carbons (Fsp3) is 0.0667. The van der Waals surface area contributed by atoms with Crippen molar-refractivity contribution in [2.75, 3.05) is 0 Å². The number of furan rings is 1. The predicted octanol–water partition coefficient (Wildman–Crippen LogP) is 5.37. The Labute approximate surface area is 154 Å². The molecule has 4 nitrogen and oxygen atoms in total. The highest BCUT2D eigenvalue weighted by molar-refractivity contribution is 7.87. The molecule has 0 fully saturated rings. The van der Waals surface area contributed by atoms with Crippen molar-refractivity contribution in [3.05, 3.63) is 57.3 Å². The van der Waals surface area contributed by atoms with Crippen LogP contribution in [0.25, 0.3) is 11.0 Å². The van der Waals surface area contributed by atoms with Crippen LogP contribution in [-0.2, 0) is 10.1 Å². The summed E-state index contributed by atoms with van der Waals surface area (Å²) < 4.78 is 89.4. The second kappa shape index (κ2) is 6.33. The average Bonchev–Trinajstić information content (AvgIpc) is 2.92. The standard InChI is InChI=1S/C15H6Cl2F4O4S/c1-5-15(9-10(18)11(19)12(20)13(21)14(9)24-5)26(22,23)25-8-3-2-6(16)4-7(8)17/h2-4H,1H3. The monoisotopic (exact) mass is 428 g/mol. The molecular formula is C15H6Cl2F4O4S. The summed E-state index contributed by atoms with van der Waals surface area (Å²) in [6.07, 6.45) is 0. The molecule has 0 N–H and O–H groups in total. The predicted molar refractivity (Wildman–Crippen MR) is 85.1 cm³/mol. The first kappa shape index (κ1) is 18.8. The molecule has 0 aliphatic heterocycles. The minimum Gasteiger partial charge on any atom is -0.456 e. The van der Waals surface area contributed by atoms with Crippen LogP contribution in [0.2, 0.25) is 10.0 Å². The van der Waals surface area contributed by atoms with Crippen molar-refractivity contribution in [3.63, 3.8) is 0 Å². The zero-order chi connectivity index (χ0) is 19.4. The summed E-state index contributed by atoms with van der Waals surface area (Å²) in [4.78, 5) is -0.992. The normalized spacial score (nSPS) is 12.0. The van der Waals surface area contributed by atoms with E-state index in [-0.39, 0.29) is 15.8 Å². The second-order valence-corrected chi connectivity index (χ2v) is 7.39. The van der Waals surface area contributed by atoms with Crippen molar-refractivity contribution >= 4 is 44.3 Å². The zero-order valence-corrected chi connectivity index (χ0v) is 14.9. The van der Waals surface area contributed by atoms with Crippen LogP contribution in [0.1, 0.15) is 5.76 Å². The van der Waals surface area contributed by atoms with Gasteiger partial charge in [0, 0.05) is 5.02 Å². The average molecular weight is 429 g/mol. The summed E-state index contributed by atoms with van der Waals surface area (Å²) in [5.41, 5.74) is -1.09. The molecule has 0 unspecified atom stereocenters. The molecule has 26 heavy (non-hydrogen) atoms. The van der Waals surface area contributed by atoms with Crippen LogP contribution < -0.4 is 4.18 Å². The van der Waals surface area contributed by atoms with Gasteiger partial charge in [0.2, 0.25) is 11.6 Å². The molecule has 0 radical (unpaired) electrons. The van der Waals surface area contributed by atoms with Crippen molar-refractivity contribution in [2.45, 2.75) is 11.8 Å². The molecule has 0 spiro atoms. The van der Waals surface area contributed by atoms with Gasteiger partial charge in [0.05, 0.1) is 10.4 Å². The van der Waals surface area contributed by atoms with Crippen molar-refractivity contribution in [1.29, 1.82) is 0 Å². The third-order valence-corrected chi connectivity index (χ3v) is 5.29. The maximum atomic E-state index is 14.1. The molecule has 11 heteroatoms. The van der Waals surface area contributed by atoms with Crippen LogP contribution in [-0.4, -0.2) is 8.42 Å². The quantitative estimate of drug-likeness (QED) is 0.243. The van der Waals surface area contributed by atoms with E-state index in [0.717, 1.165) is 13.0 Å². The van der Waals surface area contributed by atoms with Gasteiger partial charge in [-0.2, -0.15) is 12.8 Å². The van der Waals surface area contributed by atoms with Crippen LogP contribution in [0.4, 0.5) is 17.6 Å². The van der Waals surface area contributed by atoms with Gasteiger partial charge in [-0.3, -0.25) is 0 Å². The third-order valence-electron chi connectivity index (χ3n) is 3.37. The van der Waals surface area contributed by atoms with Gasteiger partial charge < -0.3 is 8.60 Å². The lowest BCUT2D eigenvalue weighted by Gasteiger charge is -2.09. The Balaban J connectivity index is 2.25. The number of halogens is 6. The van der Waals surface area contributed by atoms with Gasteiger partial charge in [0.1, 0.15) is 5.76 Å². The summed E-state index contributed by atoms with van der Waals surface area (Å²) in [5.74, 6) is -9.01. The van der Waals surface area contributed by atoms with Crippen LogP contribution in [0.15, 0.2) is 27.5 Å². The molecule has 3 rings (SSSR count). The molecule has 0 aliphatic carbocycles. The van der Waals surface area contributed by atoms with Crippen LogP contribution in [0.3, 0.4) is 0 Å². The molecule has 0 saturated heterocycles. The van der Waals surface area contributed by atoms with E-state index in [0.29, 0.717) is 0 Å². The number of hydrogen-bond acceptors (Lipinski definition) is 4. The van der Waals surface area contributed by atoms with Gasteiger partial charge in [0.15, 0.2) is 27.9 Å². The van der Waals surface area contributed by atoms with Crippen molar-refractivity contribution in [3.8, 4) is 5.75 Å². The Morgan fingerprint density at radius 2 is 1.62 bits per heavy atom. The lowest BCUT2D eigenvalue weighted by atomic mass is 10.2. The maximum absolute atomic E-state index is 14.1. The SMILES string of the molecule is Cc1oc2c(F)c(F)c(F)c(F)c2c1S(=O)(=O)Oc1ccc(Cl)cc1Cl. The summed E-state index contributed by atoms with van der Waals surface area (Å²) in [5, 5.41) is -1.10. The lowest BCUT2D eigenvalue weighted by Crippen LogP contribution is -2.11. The number of aryl methyl sites for hydroxylation is 1. The van der Waals surface area contributed by atoms with Gasteiger partial charge >= 0.3 is 10.1 Å². The smallest absolute Gasteiger partial charge is 0.343 e. The Kier molecular flexibility index (Phi) is 4.58. The summed E-state index contributed by atoms with van der Waals surface area (Å²) in [7, 11) is -4.85. The van der Waals surface area contributed by atoms with E-state index >= 15 is 0 Å². The largest absolute Gasteiger partial charge is 0.456 e. The van der Waals surface area contributed by atoms with E-state index in [9.17, 15) is 26.0 Å². The minimum absolute atomic E-state index is 0.185. The van der Waals surface area contributed by atoms with Crippen molar-refractivity contribution in [2.24, 2.45) is 0 Å². The highest BCUT2D eigenvalue weighted by Gasteiger charge is 2.34. The Morgan fingerprint density at radius 1 is 1.00 bits per heavy atom. The van der Waals surface area contributed by atoms with E-state index in [1.807, 2.05) is 0 Å². The molecule has 2 aromatic carbocycles. The van der Waals surface area contributed by atoms with Crippen molar-refractivity contribution in [1.82, 2.24) is 0 Å². The Hall–Kier alpha value is -1.97. The fourth-order valence-corrected chi connectivity index (χ4v) is 4.07. The third kappa shape index (κ3) is 2.89. The number of benzene rings is 2. The molecule has 0 bridgehead atoms. The fourth-order valence-electron chi connectivity index (χ4n) is 2.29. The van der Waals surface area contributed by atoms with Gasteiger partial charge in [-0.05, 0) is 25.1 Å². The Morgan fingerprint density at radius 3 is 2.23 bits per heavy atom. The molecule has 0 aliphatic rings. The highest BCUT2D eigenvalue weighted by atomic mass is 35.5. The van der Waals surface area contributed by atoms with Gasteiger partial charge in [-0.1, -0.05) is 23.2 Å². The topological polar surface area (TPSA) is 56.5 Å². The van der Waals surface area contributed by atoms with Crippen molar-refractivity contribution < 1.29 is 34.6 Å². The first-order chi connectivity index (χ1) is 12.0. The molecule has 3 aromatic rings. The lowest BCUT2D eigenvalue weighted by molar-refractivity contribution is 0.409. The number of hydrogen-bond donors (Lipinski definition) is 0. The van der Waals surface area contributed by atoms with E-state index in [2.05, 4.69) is 0 Å². The molecule has 138 valence electrons. The van der Waals surface area contributed by atoms with E-state index in [1.54, 1.807) is 0 Å². The second-order valence-electron chi connectivity index (χ2n) is 5.06. The van der Waals surface area contributed by atoms with Gasteiger partial charge in [-0.25, -0.2) is 13.2 Å². The molecule has 0 saturated carbocycles. The number of rotatable bonds is 3. The minimum atomic E-state index is -4.85. The summed E-state index contributed by atoms with van der Waals surface area (Å²) in [6, 6.07) is 3.58. The van der Waals surface area contributed by atoms with E-state index in [1.165, 1.54) is 12.1 Å². The van der Waals surface area contributed by atoms with Gasteiger partial charge in [0.25, 0.3) is 0 Å². The van der Waals surface area contributed by atoms with E-state index in [4.69, 9.17) is 31.8 Å². The molecule has 0 amide bonds. The highest BCUT2D eigenvalue weighted by Crippen LogP contribution is 2.38. The summed E-state index contributed by atoms with van der Waals surface area (Å²) in [6.45, 7) is 1.04. The zero-order valence-electron chi connectivity index (χ0n) is 12.5. The van der Waals surface area contributed by atoms with Crippen LogP contribution in [0, 0.1) is 30.2 Å². The molecule has 1 aromatic heterocycles. The Bertz CT molecular complexity index is 1160. The van der Waals surface area contributed by atoms with E-state index < -0.39 is 55.0 Å². The number of fused-ring (bicyclic) bond motifs is 1. The van der Waals surface area contributed by atoms with Crippen LogP contribution >= 0.6 is 23.2 Å². The molecular weight excluding hydrogens is 423 g/mol. The van der Waals surface area contributed by atoms with Gasteiger partial charge in [-0.15, -0.1) is 0 Å². The first-order valence-electron chi connectivity index (χ1n) is 6.69. The molecule has 0 atom stereocenters. The molecule has 1 heterocycles. The maximum Gasteiger partial charge on any atom is 0.343 e. The van der Waals surface area contributed by atoms with Crippen LogP contribution in [0.5, 0.6) is 5.75 Å². The summed E-state index contributed by atoms with van der Waals surface area (Å²) >= 11 is 11.5. The first-order valence-corrected chi connectivity index (χ1v) is 8.85.